The van der Waals surface area contributed by atoms with Crippen LogP contribution in [0, 0.1) is 6.92 Å². The van der Waals surface area contributed by atoms with Gasteiger partial charge in [0, 0.05) is 25.9 Å². The molecule has 0 spiro atoms. The molecule has 0 bridgehead atoms. The van der Waals surface area contributed by atoms with Gasteiger partial charge in [0.05, 0.1) is 29.9 Å². The highest BCUT2D eigenvalue weighted by Gasteiger charge is 2.16. The SMILES string of the molecule is CCOC(=O)c1cnn(-c2ccc(C(=O)Nc3cccnc3N(C)C)cc2)c1C. The van der Waals surface area contributed by atoms with Crippen LogP contribution >= 0.6 is 0 Å². The summed E-state index contributed by atoms with van der Waals surface area (Å²) in [5.74, 6) is 0.0357. The molecule has 3 aromatic rings. The van der Waals surface area contributed by atoms with Crippen LogP contribution in [0.3, 0.4) is 0 Å². The van der Waals surface area contributed by atoms with Gasteiger partial charge in [-0.15, -0.1) is 0 Å². The Labute approximate surface area is 169 Å². The average Bonchev–Trinajstić information content (AvgIpc) is 3.10. The number of pyridine rings is 1. The molecule has 29 heavy (non-hydrogen) atoms. The van der Waals surface area contributed by atoms with Crippen molar-refractivity contribution in [3.8, 4) is 5.69 Å². The lowest BCUT2D eigenvalue weighted by molar-refractivity contribution is 0.0525. The van der Waals surface area contributed by atoms with Crippen molar-refractivity contribution >= 4 is 23.4 Å². The van der Waals surface area contributed by atoms with Crippen LogP contribution in [-0.4, -0.2) is 47.3 Å². The van der Waals surface area contributed by atoms with Crippen LogP contribution in [0.1, 0.15) is 33.3 Å². The minimum atomic E-state index is -0.402. The Balaban J connectivity index is 1.79. The Kier molecular flexibility index (Phi) is 5.92. The molecule has 150 valence electrons. The Hall–Kier alpha value is -3.68. The number of rotatable bonds is 6. The fourth-order valence-corrected chi connectivity index (χ4v) is 2.88. The molecule has 0 aliphatic rings. The predicted molar refractivity (Wildman–Crippen MR) is 111 cm³/mol. The zero-order valence-corrected chi connectivity index (χ0v) is 16.8. The summed E-state index contributed by atoms with van der Waals surface area (Å²) in [6.45, 7) is 3.86. The highest BCUT2D eigenvalue weighted by Crippen LogP contribution is 2.22. The number of carbonyl (C=O) groups is 2. The van der Waals surface area contributed by atoms with Crippen LogP contribution in [0.2, 0.25) is 0 Å². The summed E-state index contributed by atoms with van der Waals surface area (Å²) in [6.07, 6.45) is 3.16. The number of hydrogen-bond acceptors (Lipinski definition) is 6. The lowest BCUT2D eigenvalue weighted by Crippen LogP contribution is -2.17. The number of hydrogen-bond donors (Lipinski definition) is 1. The summed E-state index contributed by atoms with van der Waals surface area (Å²) in [5, 5.41) is 7.15. The molecular weight excluding hydrogens is 370 g/mol. The smallest absolute Gasteiger partial charge is 0.341 e. The van der Waals surface area contributed by atoms with Gasteiger partial charge in [-0.2, -0.15) is 5.10 Å². The fraction of sp³-hybridized carbons (Fsp3) is 0.238. The van der Waals surface area contributed by atoms with E-state index in [2.05, 4.69) is 15.4 Å². The molecule has 1 amide bonds. The van der Waals surface area contributed by atoms with Crippen molar-refractivity contribution < 1.29 is 14.3 Å². The molecule has 8 nitrogen and oxygen atoms in total. The van der Waals surface area contributed by atoms with Crippen molar-refractivity contribution in [1.29, 1.82) is 0 Å². The predicted octanol–water partition coefficient (Wildman–Crippen LogP) is 3.07. The molecule has 0 saturated heterocycles. The Morgan fingerprint density at radius 1 is 1.17 bits per heavy atom. The van der Waals surface area contributed by atoms with Crippen LogP contribution < -0.4 is 10.2 Å². The van der Waals surface area contributed by atoms with E-state index in [0.717, 1.165) is 5.69 Å². The van der Waals surface area contributed by atoms with E-state index in [9.17, 15) is 9.59 Å². The van der Waals surface area contributed by atoms with Gasteiger partial charge in [0.1, 0.15) is 5.56 Å². The van der Waals surface area contributed by atoms with Crippen molar-refractivity contribution in [2.75, 3.05) is 30.9 Å². The van der Waals surface area contributed by atoms with E-state index in [-0.39, 0.29) is 5.91 Å². The van der Waals surface area contributed by atoms with Gasteiger partial charge in [0.2, 0.25) is 0 Å². The molecule has 0 saturated carbocycles. The van der Waals surface area contributed by atoms with Gasteiger partial charge in [-0.3, -0.25) is 4.79 Å². The number of amides is 1. The van der Waals surface area contributed by atoms with Gasteiger partial charge in [0.15, 0.2) is 5.82 Å². The van der Waals surface area contributed by atoms with Crippen LogP contribution in [0.5, 0.6) is 0 Å². The third-order valence-corrected chi connectivity index (χ3v) is 4.34. The second kappa shape index (κ2) is 8.55. The van der Waals surface area contributed by atoms with E-state index in [1.807, 2.05) is 19.0 Å². The molecule has 0 unspecified atom stereocenters. The van der Waals surface area contributed by atoms with Crippen LogP contribution in [-0.2, 0) is 4.74 Å². The first kappa shape index (κ1) is 20.1. The Morgan fingerprint density at radius 3 is 2.55 bits per heavy atom. The van der Waals surface area contributed by atoms with Gasteiger partial charge in [0.25, 0.3) is 5.91 Å². The van der Waals surface area contributed by atoms with Crippen molar-refractivity contribution in [2.45, 2.75) is 13.8 Å². The van der Waals surface area contributed by atoms with Gasteiger partial charge >= 0.3 is 5.97 Å². The van der Waals surface area contributed by atoms with Gasteiger partial charge < -0.3 is 15.0 Å². The van der Waals surface area contributed by atoms with E-state index in [4.69, 9.17) is 4.74 Å². The maximum absolute atomic E-state index is 12.6. The van der Waals surface area contributed by atoms with Gasteiger partial charge in [-0.05, 0) is 50.2 Å². The molecule has 0 atom stereocenters. The summed E-state index contributed by atoms with van der Waals surface area (Å²) < 4.78 is 6.68. The van der Waals surface area contributed by atoms with Gasteiger partial charge in [-0.1, -0.05) is 0 Å². The standard InChI is InChI=1S/C21H23N5O3/c1-5-29-21(28)17-13-23-26(14(17)2)16-10-8-15(9-11-16)20(27)24-18-7-6-12-22-19(18)25(3)4/h6-13H,5H2,1-4H3,(H,24,27). The number of carbonyl (C=O) groups excluding carboxylic acids is 2. The second-order valence-corrected chi connectivity index (χ2v) is 6.55. The van der Waals surface area contributed by atoms with Crippen molar-refractivity contribution in [2.24, 2.45) is 0 Å². The van der Waals surface area contributed by atoms with E-state index in [1.54, 1.807) is 61.1 Å². The maximum Gasteiger partial charge on any atom is 0.341 e. The lowest BCUT2D eigenvalue weighted by Gasteiger charge is -2.16. The number of aromatic nitrogens is 3. The first-order valence-electron chi connectivity index (χ1n) is 9.18. The fourth-order valence-electron chi connectivity index (χ4n) is 2.88. The van der Waals surface area contributed by atoms with E-state index < -0.39 is 5.97 Å². The minimum absolute atomic E-state index is 0.239. The van der Waals surface area contributed by atoms with Crippen molar-refractivity contribution in [3.05, 3.63) is 65.6 Å². The first-order valence-corrected chi connectivity index (χ1v) is 9.18. The lowest BCUT2D eigenvalue weighted by atomic mass is 10.2. The highest BCUT2D eigenvalue weighted by molar-refractivity contribution is 6.05. The summed E-state index contributed by atoms with van der Waals surface area (Å²) in [6, 6.07) is 10.6. The van der Waals surface area contributed by atoms with Gasteiger partial charge in [-0.25, -0.2) is 14.5 Å². The molecule has 2 heterocycles. The summed E-state index contributed by atoms with van der Waals surface area (Å²) in [7, 11) is 3.73. The number of benzene rings is 1. The third kappa shape index (κ3) is 4.26. The first-order chi connectivity index (χ1) is 13.9. The highest BCUT2D eigenvalue weighted by atomic mass is 16.5. The molecule has 1 N–H and O–H groups in total. The van der Waals surface area contributed by atoms with Crippen LogP contribution in [0.4, 0.5) is 11.5 Å². The number of esters is 1. The molecule has 2 aromatic heterocycles. The number of anilines is 2. The average molecular weight is 393 g/mol. The topological polar surface area (TPSA) is 89.3 Å². The normalized spacial score (nSPS) is 10.5. The molecule has 0 radical (unpaired) electrons. The zero-order valence-electron chi connectivity index (χ0n) is 16.8. The molecule has 3 rings (SSSR count). The Bertz CT molecular complexity index is 1030. The number of nitrogens with one attached hydrogen (secondary N) is 1. The minimum Gasteiger partial charge on any atom is -0.462 e. The molecule has 0 aliphatic carbocycles. The van der Waals surface area contributed by atoms with E-state index in [0.29, 0.717) is 34.9 Å². The quantitative estimate of drug-likeness (QED) is 0.648. The monoisotopic (exact) mass is 393 g/mol. The van der Waals surface area contributed by atoms with E-state index >= 15 is 0 Å². The summed E-state index contributed by atoms with van der Waals surface area (Å²) in [5.41, 5.74) is 2.96. The summed E-state index contributed by atoms with van der Waals surface area (Å²) in [4.78, 5) is 30.7. The largest absolute Gasteiger partial charge is 0.462 e. The number of nitrogens with zero attached hydrogens (tertiary/aromatic N) is 4. The second-order valence-electron chi connectivity index (χ2n) is 6.55. The third-order valence-electron chi connectivity index (χ3n) is 4.34. The Morgan fingerprint density at radius 2 is 1.90 bits per heavy atom. The summed E-state index contributed by atoms with van der Waals surface area (Å²) >= 11 is 0. The number of ether oxygens (including phenoxy) is 1. The van der Waals surface area contributed by atoms with Crippen molar-refractivity contribution in [3.63, 3.8) is 0 Å². The van der Waals surface area contributed by atoms with Crippen LogP contribution in [0.15, 0.2) is 48.8 Å². The molecule has 0 aliphatic heterocycles. The molecule has 1 aromatic carbocycles. The maximum atomic E-state index is 12.6. The van der Waals surface area contributed by atoms with Crippen molar-refractivity contribution in [1.82, 2.24) is 14.8 Å². The molecule has 0 fully saturated rings. The molecule has 8 heteroatoms. The zero-order chi connectivity index (χ0) is 21.0. The van der Waals surface area contributed by atoms with E-state index in [1.165, 1.54) is 6.20 Å². The molecular formula is C21H23N5O3. The van der Waals surface area contributed by atoms with Crippen LogP contribution in [0.25, 0.3) is 5.69 Å².